The van der Waals surface area contributed by atoms with E-state index < -0.39 is 0 Å². The molecule has 2 aromatic carbocycles. The lowest BCUT2D eigenvalue weighted by molar-refractivity contribution is 0.141. The molecule has 4 aromatic rings. The van der Waals surface area contributed by atoms with Gasteiger partial charge in [-0.3, -0.25) is 9.88 Å². The van der Waals surface area contributed by atoms with Gasteiger partial charge in [0.15, 0.2) is 0 Å². The number of anilines is 1. The SMILES string of the molecule is Cn1cc(C2CCC(N3CCN(c4cc(CO)cc5cccnc45)CC3)CC2)c2cc(C#N)ccc21. The molecule has 2 aromatic heterocycles. The van der Waals surface area contributed by atoms with Crippen molar-refractivity contribution in [2.24, 2.45) is 7.05 Å². The Morgan fingerprint density at radius 3 is 2.58 bits per heavy atom. The van der Waals surface area contributed by atoms with Crippen molar-refractivity contribution in [1.29, 1.82) is 5.26 Å². The summed E-state index contributed by atoms with van der Waals surface area (Å²) in [6.07, 6.45) is 9.00. The number of fused-ring (bicyclic) bond motifs is 2. The Bertz CT molecular complexity index is 1440. The van der Waals surface area contributed by atoms with Crippen LogP contribution in [0.15, 0.2) is 54.9 Å². The molecule has 1 aliphatic carbocycles. The van der Waals surface area contributed by atoms with Crippen molar-refractivity contribution in [3.8, 4) is 6.07 Å². The van der Waals surface area contributed by atoms with E-state index in [-0.39, 0.29) is 6.61 Å². The van der Waals surface area contributed by atoms with Crippen LogP contribution in [0.25, 0.3) is 21.8 Å². The fourth-order valence-corrected chi connectivity index (χ4v) is 6.46. The minimum atomic E-state index is 0.0512. The molecule has 0 radical (unpaired) electrons. The van der Waals surface area contributed by atoms with Crippen LogP contribution in [0.2, 0.25) is 0 Å². The zero-order valence-corrected chi connectivity index (χ0v) is 20.9. The molecule has 3 heterocycles. The van der Waals surface area contributed by atoms with Gasteiger partial charge in [-0.2, -0.15) is 5.26 Å². The molecule has 1 N–H and O–H groups in total. The van der Waals surface area contributed by atoms with Gasteiger partial charge in [-0.25, -0.2) is 0 Å². The summed E-state index contributed by atoms with van der Waals surface area (Å²) in [4.78, 5) is 9.79. The number of hydrogen-bond acceptors (Lipinski definition) is 5. The fraction of sp³-hybridized carbons (Fsp3) is 0.400. The quantitative estimate of drug-likeness (QED) is 0.449. The maximum absolute atomic E-state index is 9.76. The van der Waals surface area contributed by atoms with Gasteiger partial charge >= 0.3 is 0 Å². The number of nitriles is 1. The topological polar surface area (TPSA) is 68.3 Å². The van der Waals surface area contributed by atoms with Crippen LogP contribution in [0.5, 0.6) is 0 Å². The fourth-order valence-electron chi connectivity index (χ4n) is 6.46. The Morgan fingerprint density at radius 2 is 1.83 bits per heavy atom. The molecule has 1 aliphatic heterocycles. The zero-order valence-electron chi connectivity index (χ0n) is 20.9. The summed E-state index contributed by atoms with van der Waals surface area (Å²) < 4.78 is 2.21. The van der Waals surface area contributed by atoms with Crippen molar-refractivity contribution in [3.63, 3.8) is 0 Å². The molecule has 0 bridgehead atoms. The van der Waals surface area contributed by atoms with Gasteiger partial charge < -0.3 is 14.6 Å². The minimum absolute atomic E-state index is 0.0512. The van der Waals surface area contributed by atoms with Crippen LogP contribution < -0.4 is 4.90 Å². The van der Waals surface area contributed by atoms with E-state index in [1.54, 1.807) is 0 Å². The first-order valence-electron chi connectivity index (χ1n) is 13.1. The molecule has 1 saturated heterocycles. The van der Waals surface area contributed by atoms with Crippen molar-refractivity contribution < 1.29 is 5.11 Å². The molecular formula is C30H33N5O. The van der Waals surface area contributed by atoms with Gasteiger partial charge in [0, 0.05) is 68.0 Å². The van der Waals surface area contributed by atoms with Crippen molar-refractivity contribution in [2.75, 3.05) is 31.1 Å². The second-order valence-corrected chi connectivity index (χ2v) is 10.4. The molecule has 6 nitrogen and oxygen atoms in total. The lowest BCUT2D eigenvalue weighted by Gasteiger charge is -2.43. The van der Waals surface area contributed by atoms with Crippen LogP contribution in [0.3, 0.4) is 0 Å². The molecule has 6 rings (SSSR count). The molecule has 36 heavy (non-hydrogen) atoms. The van der Waals surface area contributed by atoms with E-state index in [9.17, 15) is 10.4 Å². The molecule has 0 spiro atoms. The van der Waals surface area contributed by atoms with E-state index in [0.29, 0.717) is 12.0 Å². The highest BCUT2D eigenvalue weighted by Crippen LogP contribution is 2.39. The second kappa shape index (κ2) is 9.57. The third-order valence-corrected chi connectivity index (χ3v) is 8.38. The number of aryl methyl sites for hydroxylation is 1. The predicted octanol–water partition coefficient (Wildman–Crippen LogP) is 4.94. The van der Waals surface area contributed by atoms with Crippen LogP contribution in [-0.2, 0) is 13.7 Å². The standard InChI is InChI=1S/C30H33N5O/c1-33-19-27(26-16-21(18-31)4-9-28(26)33)23-5-7-25(8-6-23)34-11-13-35(14-12-34)29-17-22(20-36)15-24-3-2-10-32-30(24)29/h2-4,9-10,15-17,19,23,25,36H,5-8,11-14,20H2,1H3. The summed E-state index contributed by atoms with van der Waals surface area (Å²) in [6, 6.07) is 17.2. The lowest BCUT2D eigenvalue weighted by atomic mass is 9.81. The van der Waals surface area contributed by atoms with Gasteiger partial charge in [-0.15, -0.1) is 0 Å². The Kier molecular flexibility index (Phi) is 6.12. The number of aromatic nitrogens is 2. The largest absolute Gasteiger partial charge is 0.392 e. The van der Waals surface area contributed by atoms with Gasteiger partial charge in [-0.1, -0.05) is 6.07 Å². The number of hydrogen-bond donors (Lipinski definition) is 1. The summed E-state index contributed by atoms with van der Waals surface area (Å²) in [6.45, 7) is 4.15. The number of aliphatic hydroxyl groups excluding tert-OH is 1. The van der Waals surface area contributed by atoms with Crippen LogP contribution in [-0.4, -0.2) is 51.8 Å². The maximum Gasteiger partial charge on any atom is 0.0991 e. The van der Waals surface area contributed by atoms with E-state index in [4.69, 9.17) is 0 Å². The molecule has 1 saturated carbocycles. The third-order valence-electron chi connectivity index (χ3n) is 8.38. The molecule has 0 unspecified atom stereocenters. The first kappa shape index (κ1) is 23.0. The number of nitrogens with zero attached hydrogens (tertiary/aromatic N) is 5. The van der Waals surface area contributed by atoms with E-state index in [0.717, 1.165) is 53.9 Å². The molecule has 184 valence electrons. The number of piperazine rings is 1. The summed E-state index contributed by atoms with van der Waals surface area (Å²) >= 11 is 0. The maximum atomic E-state index is 9.76. The number of pyridine rings is 1. The molecule has 6 heteroatoms. The summed E-state index contributed by atoms with van der Waals surface area (Å²) in [5.41, 5.74) is 6.49. The Hall–Kier alpha value is -3.40. The van der Waals surface area contributed by atoms with Gasteiger partial charge in [0.25, 0.3) is 0 Å². The molecular weight excluding hydrogens is 446 g/mol. The van der Waals surface area contributed by atoms with Crippen molar-refractivity contribution in [1.82, 2.24) is 14.5 Å². The van der Waals surface area contributed by atoms with E-state index >= 15 is 0 Å². The predicted molar refractivity (Wildman–Crippen MR) is 144 cm³/mol. The van der Waals surface area contributed by atoms with Crippen LogP contribution >= 0.6 is 0 Å². The average Bonchev–Trinajstić information content (AvgIpc) is 3.28. The first-order valence-corrected chi connectivity index (χ1v) is 13.1. The van der Waals surface area contributed by atoms with Crippen molar-refractivity contribution in [2.45, 2.75) is 44.2 Å². The van der Waals surface area contributed by atoms with Crippen LogP contribution in [0.4, 0.5) is 5.69 Å². The summed E-state index contributed by atoms with van der Waals surface area (Å²) in [5, 5.41) is 21.5. The van der Waals surface area contributed by atoms with Gasteiger partial charge in [0.05, 0.1) is 29.4 Å². The summed E-state index contributed by atoms with van der Waals surface area (Å²) in [7, 11) is 2.11. The van der Waals surface area contributed by atoms with E-state index in [1.165, 1.54) is 42.1 Å². The van der Waals surface area contributed by atoms with E-state index in [1.807, 2.05) is 24.4 Å². The smallest absolute Gasteiger partial charge is 0.0991 e. The number of benzene rings is 2. The Morgan fingerprint density at radius 1 is 1.03 bits per heavy atom. The minimum Gasteiger partial charge on any atom is -0.392 e. The van der Waals surface area contributed by atoms with Gasteiger partial charge in [0.1, 0.15) is 0 Å². The summed E-state index contributed by atoms with van der Waals surface area (Å²) in [5.74, 6) is 0.568. The molecule has 0 amide bonds. The molecule has 0 atom stereocenters. The lowest BCUT2D eigenvalue weighted by Crippen LogP contribution is -2.51. The highest BCUT2D eigenvalue weighted by Gasteiger charge is 2.30. The second-order valence-electron chi connectivity index (χ2n) is 10.4. The Balaban J connectivity index is 1.12. The molecule has 2 aliphatic rings. The molecule has 2 fully saturated rings. The monoisotopic (exact) mass is 479 g/mol. The van der Waals surface area contributed by atoms with Gasteiger partial charge in [0.2, 0.25) is 0 Å². The number of rotatable bonds is 4. The van der Waals surface area contributed by atoms with Crippen LogP contribution in [0, 0.1) is 11.3 Å². The normalized spacial score (nSPS) is 21.2. The highest BCUT2D eigenvalue weighted by atomic mass is 16.3. The van der Waals surface area contributed by atoms with Gasteiger partial charge in [-0.05, 0) is 79.1 Å². The number of aliphatic hydroxyl groups is 1. The van der Waals surface area contributed by atoms with Crippen molar-refractivity contribution >= 4 is 27.5 Å². The first-order chi connectivity index (χ1) is 17.6. The average molecular weight is 480 g/mol. The zero-order chi connectivity index (χ0) is 24.6. The Labute approximate surface area is 212 Å². The van der Waals surface area contributed by atoms with Crippen molar-refractivity contribution in [3.05, 3.63) is 71.5 Å². The highest BCUT2D eigenvalue weighted by molar-refractivity contribution is 5.91. The van der Waals surface area contributed by atoms with E-state index in [2.05, 4.69) is 62.9 Å². The van der Waals surface area contributed by atoms with Crippen LogP contribution in [0.1, 0.15) is 48.3 Å². The third kappa shape index (κ3) is 4.13.